The fourth-order valence-electron chi connectivity index (χ4n) is 3.39. The molecule has 1 saturated heterocycles. The fraction of sp³-hybridized carbons (Fsp3) is 0.538. The van der Waals surface area contributed by atoms with Gasteiger partial charge in [-0.3, -0.25) is 0 Å². The summed E-state index contributed by atoms with van der Waals surface area (Å²) in [6, 6.07) is 6.01. The topological polar surface area (TPSA) is 21.3 Å². The largest absolute Gasteiger partial charge is 0.384 e. The van der Waals surface area contributed by atoms with Crippen molar-refractivity contribution in [1.82, 2.24) is 5.32 Å². The summed E-state index contributed by atoms with van der Waals surface area (Å²) >= 11 is 12.1. The van der Waals surface area contributed by atoms with E-state index in [1.165, 1.54) is 5.56 Å². The van der Waals surface area contributed by atoms with Crippen LogP contribution in [0.25, 0.3) is 0 Å². The third kappa shape index (κ3) is 1.62. The fourth-order valence-corrected chi connectivity index (χ4v) is 3.68. The Labute approximate surface area is 111 Å². The SMILES string of the molecule is COC[C@@H]1[C@H]2CNCC21c1ccc(Cl)c(Cl)c1. The number of halogens is 2. The maximum absolute atomic E-state index is 6.11. The van der Waals surface area contributed by atoms with Gasteiger partial charge in [0.1, 0.15) is 0 Å². The van der Waals surface area contributed by atoms with E-state index in [4.69, 9.17) is 27.9 Å². The highest BCUT2D eigenvalue weighted by molar-refractivity contribution is 6.42. The van der Waals surface area contributed by atoms with Crippen LogP contribution in [0, 0.1) is 11.8 Å². The molecule has 1 aliphatic heterocycles. The van der Waals surface area contributed by atoms with E-state index < -0.39 is 0 Å². The molecule has 2 fully saturated rings. The minimum atomic E-state index is 0.226. The third-order valence-electron chi connectivity index (χ3n) is 4.28. The maximum atomic E-state index is 6.11. The lowest BCUT2D eigenvalue weighted by Crippen LogP contribution is -2.25. The smallest absolute Gasteiger partial charge is 0.0595 e. The van der Waals surface area contributed by atoms with Gasteiger partial charge in [0.2, 0.25) is 0 Å². The van der Waals surface area contributed by atoms with Gasteiger partial charge >= 0.3 is 0 Å². The van der Waals surface area contributed by atoms with E-state index in [9.17, 15) is 0 Å². The number of methoxy groups -OCH3 is 1. The molecular formula is C13H15Cl2NO. The normalized spacial score (nSPS) is 34.8. The molecule has 0 radical (unpaired) electrons. The van der Waals surface area contributed by atoms with E-state index in [0.29, 0.717) is 21.9 Å². The molecule has 17 heavy (non-hydrogen) atoms. The molecule has 1 saturated carbocycles. The number of ether oxygens (including phenoxy) is 1. The number of benzene rings is 1. The first-order valence-corrected chi connectivity index (χ1v) is 6.61. The molecule has 1 N–H and O–H groups in total. The van der Waals surface area contributed by atoms with Crippen LogP contribution >= 0.6 is 23.2 Å². The van der Waals surface area contributed by atoms with Crippen molar-refractivity contribution in [2.45, 2.75) is 5.41 Å². The molecule has 92 valence electrons. The summed E-state index contributed by atoms with van der Waals surface area (Å²) in [5.41, 5.74) is 1.52. The van der Waals surface area contributed by atoms with Gasteiger partial charge in [-0.1, -0.05) is 29.3 Å². The van der Waals surface area contributed by atoms with Gasteiger partial charge in [0.25, 0.3) is 0 Å². The summed E-state index contributed by atoms with van der Waals surface area (Å²) in [4.78, 5) is 0. The van der Waals surface area contributed by atoms with Crippen LogP contribution in [-0.2, 0) is 10.2 Å². The third-order valence-corrected chi connectivity index (χ3v) is 5.02. The molecule has 0 aromatic heterocycles. The highest BCUT2D eigenvalue weighted by atomic mass is 35.5. The van der Waals surface area contributed by atoms with Crippen LogP contribution in [0.1, 0.15) is 5.56 Å². The molecule has 0 spiro atoms. The van der Waals surface area contributed by atoms with E-state index in [-0.39, 0.29) is 5.41 Å². The summed E-state index contributed by atoms with van der Waals surface area (Å²) in [5, 5.41) is 4.72. The van der Waals surface area contributed by atoms with E-state index in [2.05, 4.69) is 11.4 Å². The Morgan fingerprint density at radius 1 is 1.41 bits per heavy atom. The van der Waals surface area contributed by atoms with E-state index in [0.717, 1.165) is 19.7 Å². The number of rotatable bonds is 3. The van der Waals surface area contributed by atoms with Crippen LogP contribution < -0.4 is 5.32 Å². The first-order valence-electron chi connectivity index (χ1n) is 5.85. The van der Waals surface area contributed by atoms with Gasteiger partial charge < -0.3 is 10.1 Å². The summed E-state index contributed by atoms with van der Waals surface area (Å²) < 4.78 is 5.32. The van der Waals surface area contributed by atoms with Crippen molar-refractivity contribution in [3.63, 3.8) is 0 Å². The molecule has 1 aromatic rings. The van der Waals surface area contributed by atoms with Crippen molar-refractivity contribution in [2.24, 2.45) is 11.8 Å². The van der Waals surface area contributed by atoms with E-state index in [1.807, 2.05) is 12.1 Å². The van der Waals surface area contributed by atoms with E-state index >= 15 is 0 Å². The number of piperidine rings is 1. The van der Waals surface area contributed by atoms with Crippen molar-refractivity contribution in [2.75, 3.05) is 26.8 Å². The van der Waals surface area contributed by atoms with Crippen molar-refractivity contribution in [3.8, 4) is 0 Å². The highest BCUT2D eigenvalue weighted by Gasteiger charge is 2.67. The van der Waals surface area contributed by atoms with Gasteiger partial charge in [0.15, 0.2) is 0 Å². The molecule has 3 atom stereocenters. The minimum Gasteiger partial charge on any atom is -0.384 e. The van der Waals surface area contributed by atoms with Gasteiger partial charge in [-0.15, -0.1) is 0 Å². The number of nitrogens with one attached hydrogen (secondary N) is 1. The Balaban J connectivity index is 1.94. The van der Waals surface area contributed by atoms with E-state index in [1.54, 1.807) is 7.11 Å². The molecule has 1 unspecified atom stereocenters. The molecule has 2 aliphatic rings. The molecule has 0 amide bonds. The summed E-state index contributed by atoms with van der Waals surface area (Å²) in [6.45, 7) is 2.92. The summed E-state index contributed by atoms with van der Waals surface area (Å²) in [7, 11) is 1.77. The number of fused-ring (bicyclic) bond motifs is 1. The Kier molecular flexibility index (Phi) is 2.86. The average molecular weight is 272 g/mol. The zero-order valence-corrected chi connectivity index (χ0v) is 11.2. The molecule has 1 heterocycles. The lowest BCUT2D eigenvalue weighted by molar-refractivity contribution is 0.172. The van der Waals surface area contributed by atoms with Gasteiger partial charge in [-0.2, -0.15) is 0 Å². The average Bonchev–Trinajstić information content (AvgIpc) is 2.72. The van der Waals surface area contributed by atoms with Crippen molar-refractivity contribution >= 4 is 23.2 Å². The molecule has 3 rings (SSSR count). The summed E-state index contributed by atoms with van der Waals surface area (Å²) in [5.74, 6) is 1.30. The lowest BCUT2D eigenvalue weighted by atomic mass is 9.93. The Morgan fingerprint density at radius 3 is 2.94 bits per heavy atom. The second-order valence-corrected chi connectivity index (χ2v) is 5.78. The molecular weight excluding hydrogens is 257 g/mol. The number of hydrogen-bond donors (Lipinski definition) is 1. The molecule has 1 aliphatic carbocycles. The standard InChI is InChI=1S/C13H15Cl2NO/c1-17-6-10-9-5-16-7-13(9,10)8-2-3-11(14)12(15)4-8/h2-4,9-10,16H,5-7H2,1H3/t9-,10-,13?/m1/s1. The van der Waals surface area contributed by atoms with Gasteiger partial charge in [-0.25, -0.2) is 0 Å². The molecule has 4 heteroatoms. The zero-order valence-electron chi connectivity index (χ0n) is 9.67. The van der Waals surface area contributed by atoms with Gasteiger partial charge in [-0.05, 0) is 36.1 Å². The van der Waals surface area contributed by atoms with Crippen molar-refractivity contribution in [1.29, 1.82) is 0 Å². The first kappa shape index (κ1) is 11.8. The molecule has 1 aromatic carbocycles. The van der Waals surface area contributed by atoms with Gasteiger partial charge in [0.05, 0.1) is 16.7 Å². The quantitative estimate of drug-likeness (QED) is 0.913. The van der Waals surface area contributed by atoms with Crippen LogP contribution in [-0.4, -0.2) is 26.8 Å². The zero-order chi connectivity index (χ0) is 12.0. The Hall–Kier alpha value is -0.280. The molecule has 2 nitrogen and oxygen atoms in total. The maximum Gasteiger partial charge on any atom is 0.0595 e. The monoisotopic (exact) mass is 271 g/mol. The lowest BCUT2D eigenvalue weighted by Gasteiger charge is -2.16. The predicted molar refractivity (Wildman–Crippen MR) is 69.9 cm³/mol. The van der Waals surface area contributed by atoms with Crippen LogP contribution in [0.3, 0.4) is 0 Å². The van der Waals surface area contributed by atoms with Crippen LogP contribution in [0.5, 0.6) is 0 Å². The van der Waals surface area contributed by atoms with Crippen LogP contribution in [0.2, 0.25) is 10.0 Å². The van der Waals surface area contributed by atoms with Crippen molar-refractivity contribution < 1.29 is 4.74 Å². The second kappa shape index (κ2) is 4.13. The Morgan fingerprint density at radius 2 is 2.24 bits per heavy atom. The predicted octanol–water partition coefficient (Wildman–Crippen LogP) is 2.73. The van der Waals surface area contributed by atoms with Gasteiger partial charge in [0, 0.05) is 19.1 Å². The minimum absolute atomic E-state index is 0.226. The second-order valence-electron chi connectivity index (χ2n) is 4.97. The summed E-state index contributed by atoms with van der Waals surface area (Å²) in [6.07, 6.45) is 0. The first-order chi connectivity index (χ1) is 8.20. The van der Waals surface area contributed by atoms with Crippen LogP contribution in [0.15, 0.2) is 18.2 Å². The molecule has 0 bridgehead atoms. The highest BCUT2D eigenvalue weighted by Crippen LogP contribution is 2.62. The Bertz CT molecular complexity index is 451. The van der Waals surface area contributed by atoms with Crippen LogP contribution in [0.4, 0.5) is 0 Å². The van der Waals surface area contributed by atoms with Crippen molar-refractivity contribution in [3.05, 3.63) is 33.8 Å². The number of hydrogen-bond acceptors (Lipinski definition) is 2.